The fourth-order valence-electron chi connectivity index (χ4n) is 2.14. The van der Waals surface area contributed by atoms with E-state index in [9.17, 15) is 8.42 Å². The number of rotatable bonds is 2. The topological polar surface area (TPSA) is 72.6 Å². The maximum absolute atomic E-state index is 12.7. The Labute approximate surface area is 118 Å². The minimum absolute atomic E-state index is 0.172. The maximum Gasteiger partial charge on any atom is 0.243 e. The third-order valence-corrected chi connectivity index (χ3v) is 5.62. The summed E-state index contributed by atoms with van der Waals surface area (Å²) in [6.07, 6.45) is 0. The van der Waals surface area contributed by atoms with Crippen molar-refractivity contribution in [1.29, 1.82) is 0 Å². The summed E-state index contributed by atoms with van der Waals surface area (Å²) in [6, 6.07) is 2.81. The molecule has 1 aliphatic rings. The van der Waals surface area contributed by atoms with Gasteiger partial charge in [0.2, 0.25) is 10.0 Å². The van der Waals surface area contributed by atoms with E-state index in [2.05, 4.69) is 0 Å². The fourth-order valence-corrected chi connectivity index (χ4v) is 4.31. The van der Waals surface area contributed by atoms with E-state index in [1.54, 1.807) is 13.0 Å². The second kappa shape index (κ2) is 5.28. The fraction of sp³-hybridized carbons (Fsp3) is 0.500. The predicted octanol–water partition coefficient (Wildman–Crippen LogP) is 1.64. The molecule has 0 amide bonds. The van der Waals surface area contributed by atoms with E-state index in [0.29, 0.717) is 36.0 Å². The number of halogens is 1. The monoisotopic (exact) mass is 304 g/mol. The van der Waals surface area contributed by atoms with E-state index in [0.717, 1.165) is 0 Å². The normalized spacial score (nSPS) is 21.5. The SMILES string of the molecule is Cc1c(N)cc(Cl)cc1S(=O)(=O)N1CCOCC1C. The van der Waals surface area contributed by atoms with Crippen molar-refractivity contribution in [2.24, 2.45) is 0 Å². The minimum atomic E-state index is -3.60. The van der Waals surface area contributed by atoms with Crippen LogP contribution in [0, 0.1) is 6.92 Å². The van der Waals surface area contributed by atoms with Gasteiger partial charge < -0.3 is 10.5 Å². The molecule has 1 aliphatic heterocycles. The first-order valence-corrected chi connectivity index (χ1v) is 7.81. The zero-order valence-electron chi connectivity index (χ0n) is 10.9. The summed E-state index contributed by atoms with van der Waals surface area (Å²) in [6.45, 7) is 4.64. The molecule has 7 heteroatoms. The van der Waals surface area contributed by atoms with Crippen LogP contribution >= 0.6 is 11.6 Å². The summed E-state index contributed by atoms with van der Waals surface area (Å²) in [5, 5.41) is 0.322. The van der Waals surface area contributed by atoms with E-state index in [1.165, 1.54) is 10.4 Å². The van der Waals surface area contributed by atoms with Gasteiger partial charge >= 0.3 is 0 Å². The molecular weight excluding hydrogens is 288 g/mol. The maximum atomic E-state index is 12.7. The van der Waals surface area contributed by atoms with Crippen LogP contribution < -0.4 is 5.73 Å². The molecule has 1 aromatic carbocycles. The van der Waals surface area contributed by atoms with Crippen LogP contribution in [0.3, 0.4) is 0 Å². The van der Waals surface area contributed by atoms with Crippen LogP contribution in [0.1, 0.15) is 12.5 Å². The summed E-state index contributed by atoms with van der Waals surface area (Å²) >= 11 is 5.92. The smallest absolute Gasteiger partial charge is 0.243 e. The highest BCUT2D eigenvalue weighted by Crippen LogP contribution is 2.29. The highest BCUT2D eigenvalue weighted by Gasteiger charge is 2.33. The van der Waals surface area contributed by atoms with Gasteiger partial charge in [0, 0.05) is 23.3 Å². The molecule has 2 N–H and O–H groups in total. The van der Waals surface area contributed by atoms with Gasteiger partial charge in [-0.25, -0.2) is 8.42 Å². The van der Waals surface area contributed by atoms with Crippen LogP contribution in [-0.4, -0.2) is 38.5 Å². The molecule has 1 atom stereocenters. The Hall–Kier alpha value is -0.820. The lowest BCUT2D eigenvalue weighted by atomic mass is 10.2. The van der Waals surface area contributed by atoms with Crippen LogP contribution in [0.15, 0.2) is 17.0 Å². The van der Waals surface area contributed by atoms with E-state index in [-0.39, 0.29) is 10.9 Å². The highest BCUT2D eigenvalue weighted by molar-refractivity contribution is 7.89. The largest absolute Gasteiger partial charge is 0.398 e. The Bertz CT molecular complexity index is 589. The highest BCUT2D eigenvalue weighted by atomic mass is 35.5. The average molecular weight is 305 g/mol. The Morgan fingerprint density at radius 1 is 1.47 bits per heavy atom. The van der Waals surface area contributed by atoms with Crippen molar-refractivity contribution in [3.05, 3.63) is 22.7 Å². The Morgan fingerprint density at radius 2 is 2.16 bits per heavy atom. The molecule has 0 saturated carbocycles. The van der Waals surface area contributed by atoms with Crippen LogP contribution in [0.2, 0.25) is 5.02 Å². The number of sulfonamides is 1. The molecule has 0 aromatic heterocycles. The number of hydrogen-bond donors (Lipinski definition) is 1. The third-order valence-electron chi connectivity index (χ3n) is 3.26. The Kier molecular flexibility index (Phi) is 4.06. The zero-order valence-corrected chi connectivity index (χ0v) is 12.5. The van der Waals surface area contributed by atoms with Crippen molar-refractivity contribution in [3.8, 4) is 0 Å². The summed E-state index contributed by atoms with van der Waals surface area (Å²) in [4.78, 5) is 0.172. The lowest BCUT2D eigenvalue weighted by molar-refractivity contribution is 0.0392. The molecule has 1 heterocycles. The zero-order chi connectivity index (χ0) is 14.2. The van der Waals surface area contributed by atoms with E-state index >= 15 is 0 Å². The molecule has 0 spiro atoms. The molecule has 106 valence electrons. The number of ether oxygens (including phenoxy) is 1. The Balaban J connectivity index is 2.50. The van der Waals surface area contributed by atoms with Crippen LogP contribution in [0.4, 0.5) is 5.69 Å². The van der Waals surface area contributed by atoms with Gasteiger partial charge in [0.25, 0.3) is 0 Å². The number of nitrogens with zero attached hydrogens (tertiary/aromatic N) is 1. The number of anilines is 1. The number of benzene rings is 1. The van der Waals surface area contributed by atoms with Crippen molar-refractivity contribution in [3.63, 3.8) is 0 Å². The van der Waals surface area contributed by atoms with Gasteiger partial charge in [-0.15, -0.1) is 0 Å². The standard InChI is InChI=1S/C12H17ClN2O3S/c1-8-7-18-4-3-15(8)19(16,17)12-6-10(13)5-11(14)9(12)2/h5-6,8H,3-4,7,14H2,1-2H3. The average Bonchev–Trinajstić information content (AvgIpc) is 2.34. The molecule has 1 fully saturated rings. The van der Waals surface area contributed by atoms with Gasteiger partial charge in [0.1, 0.15) is 0 Å². The van der Waals surface area contributed by atoms with Gasteiger partial charge in [0.15, 0.2) is 0 Å². The second-order valence-corrected chi connectivity index (χ2v) is 6.95. The molecule has 2 rings (SSSR count). The van der Waals surface area contributed by atoms with Crippen molar-refractivity contribution < 1.29 is 13.2 Å². The quantitative estimate of drug-likeness (QED) is 0.843. The van der Waals surface area contributed by atoms with Gasteiger partial charge in [0.05, 0.1) is 18.1 Å². The first kappa shape index (κ1) is 14.6. The molecule has 0 aliphatic carbocycles. The first-order valence-electron chi connectivity index (χ1n) is 5.99. The van der Waals surface area contributed by atoms with Crippen LogP contribution in [0.5, 0.6) is 0 Å². The van der Waals surface area contributed by atoms with E-state index in [4.69, 9.17) is 22.1 Å². The number of morpholine rings is 1. The predicted molar refractivity (Wildman–Crippen MR) is 74.8 cm³/mol. The number of nitrogens with two attached hydrogens (primary N) is 1. The second-order valence-electron chi connectivity index (χ2n) is 4.66. The van der Waals surface area contributed by atoms with Gasteiger partial charge in [-0.2, -0.15) is 4.31 Å². The Morgan fingerprint density at radius 3 is 2.79 bits per heavy atom. The van der Waals surface area contributed by atoms with Gasteiger partial charge in [-0.3, -0.25) is 0 Å². The molecule has 0 radical (unpaired) electrons. The van der Waals surface area contributed by atoms with Crippen molar-refractivity contribution in [2.45, 2.75) is 24.8 Å². The molecular formula is C12H17ClN2O3S. The summed E-state index contributed by atoms with van der Waals surface area (Å²) < 4.78 is 32.1. The third kappa shape index (κ3) is 2.72. The van der Waals surface area contributed by atoms with E-state index in [1.807, 2.05) is 6.92 Å². The summed E-state index contributed by atoms with van der Waals surface area (Å²) in [5.41, 5.74) is 6.70. The molecule has 1 aromatic rings. The van der Waals surface area contributed by atoms with Crippen molar-refractivity contribution in [1.82, 2.24) is 4.31 Å². The lowest BCUT2D eigenvalue weighted by Gasteiger charge is -2.32. The minimum Gasteiger partial charge on any atom is -0.398 e. The molecule has 19 heavy (non-hydrogen) atoms. The number of nitrogen functional groups attached to an aromatic ring is 1. The molecule has 5 nitrogen and oxygen atoms in total. The van der Waals surface area contributed by atoms with E-state index < -0.39 is 10.0 Å². The lowest BCUT2D eigenvalue weighted by Crippen LogP contribution is -2.47. The molecule has 1 unspecified atom stereocenters. The van der Waals surface area contributed by atoms with Crippen LogP contribution in [-0.2, 0) is 14.8 Å². The summed E-state index contributed by atoms with van der Waals surface area (Å²) in [5.74, 6) is 0. The van der Waals surface area contributed by atoms with Crippen molar-refractivity contribution in [2.75, 3.05) is 25.5 Å². The number of hydrogen-bond acceptors (Lipinski definition) is 4. The molecule has 0 bridgehead atoms. The van der Waals surface area contributed by atoms with Crippen LogP contribution in [0.25, 0.3) is 0 Å². The van der Waals surface area contributed by atoms with Gasteiger partial charge in [-0.05, 0) is 31.5 Å². The first-order chi connectivity index (χ1) is 8.84. The summed E-state index contributed by atoms with van der Waals surface area (Å²) in [7, 11) is -3.60. The van der Waals surface area contributed by atoms with Crippen molar-refractivity contribution >= 4 is 27.3 Å². The molecule has 1 saturated heterocycles. The van der Waals surface area contributed by atoms with Gasteiger partial charge in [-0.1, -0.05) is 11.6 Å².